The highest BCUT2D eigenvalue weighted by Crippen LogP contribution is 2.57. The molecule has 20 heavy (non-hydrogen) atoms. The Kier molecular flexibility index (Phi) is 3.30. The standard InChI is InChI=1S/C18H26N2/c19-17(10-12-1-3-20-4-2-12)11-18-15-6-13-5-14(8-15)9-16(18)7-13/h1-4,13-18H,5-11,19H2. The Balaban J connectivity index is 1.39. The molecule has 4 aliphatic rings. The van der Waals surface area contributed by atoms with Crippen LogP contribution in [-0.2, 0) is 6.42 Å². The van der Waals surface area contributed by atoms with Gasteiger partial charge in [-0.2, -0.15) is 0 Å². The van der Waals surface area contributed by atoms with E-state index in [1.807, 2.05) is 12.4 Å². The summed E-state index contributed by atoms with van der Waals surface area (Å²) in [6.45, 7) is 0. The van der Waals surface area contributed by atoms with Crippen LogP contribution in [0, 0.1) is 29.6 Å². The Bertz CT molecular complexity index is 428. The Morgan fingerprint density at radius 2 is 1.60 bits per heavy atom. The average molecular weight is 270 g/mol. The summed E-state index contributed by atoms with van der Waals surface area (Å²) >= 11 is 0. The minimum absolute atomic E-state index is 0.333. The zero-order valence-corrected chi connectivity index (χ0v) is 12.2. The van der Waals surface area contributed by atoms with E-state index in [4.69, 9.17) is 5.73 Å². The van der Waals surface area contributed by atoms with E-state index >= 15 is 0 Å². The number of hydrogen-bond donors (Lipinski definition) is 1. The molecular formula is C18H26N2. The van der Waals surface area contributed by atoms with Crippen molar-refractivity contribution in [1.82, 2.24) is 4.98 Å². The van der Waals surface area contributed by atoms with Crippen LogP contribution in [-0.4, -0.2) is 11.0 Å². The summed E-state index contributed by atoms with van der Waals surface area (Å²) < 4.78 is 0. The highest BCUT2D eigenvalue weighted by molar-refractivity contribution is 5.11. The number of nitrogens with two attached hydrogens (primary N) is 1. The Morgan fingerprint density at radius 3 is 2.20 bits per heavy atom. The molecule has 0 spiro atoms. The first-order valence-corrected chi connectivity index (χ1v) is 8.42. The molecule has 1 heterocycles. The van der Waals surface area contributed by atoms with Crippen molar-refractivity contribution in [3.8, 4) is 0 Å². The van der Waals surface area contributed by atoms with Gasteiger partial charge >= 0.3 is 0 Å². The molecule has 1 aromatic rings. The zero-order valence-electron chi connectivity index (χ0n) is 12.2. The molecular weight excluding hydrogens is 244 g/mol. The Labute approximate surface area is 122 Å². The monoisotopic (exact) mass is 270 g/mol. The number of pyridine rings is 1. The van der Waals surface area contributed by atoms with E-state index in [-0.39, 0.29) is 0 Å². The maximum absolute atomic E-state index is 6.47. The molecule has 2 nitrogen and oxygen atoms in total. The third kappa shape index (κ3) is 2.39. The number of rotatable bonds is 4. The first-order valence-electron chi connectivity index (χ1n) is 8.42. The predicted octanol–water partition coefficient (Wildman–Crippen LogP) is 3.41. The molecule has 4 bridgehead atoms. The van der Waals surface area contributed by atoms with Crippen LogP contribution in [0.2, 0.25) is 0 Å². The highest BCUT2D eigenvalue weighted by atomic mass is 14.7. The largest absolute Gasteiger partial charge is 0.327 e. The van der Waals surface area contributed by atoms with Crippen LogP contribution in [0.1, 0.15) is 44.1 Å². The molecule has 0 saturated heterocycles. The van der Waals surface area contributed by atoms with Gasteiger partial charge in [0.2, 0.25) is 0 Å². The van der Waals surface area contributed by atoms with Gasteiger partial charge in [-0.15, -0.1) is 0 Å². The second-order valence-corrected chi connectivity index (χ2v) is 7.65. The molecule has 5 rings (SSSR count). The van der Waals surface area contributed by atoms with Crippen molar-refractivity contribution >= 4 is 0 Å². The minimum Gasteiger partial charge on any atom is -0.327 e. The fraction of sp³-hybridized carbons (Fsp3) is 0.722. The molecule has 4 aliphatic carbocycles. The number of nitrogens with zero attached hydrogens (tertiary/aromatic N) is 1. The number of aromatic nitrogens is 1. The van der Waals surface area contributed by atoms with Gasteiger partial charge in [0.25, 0.3) is 0 Å². The first kappa shape index (κ1) is 12.8. The van der Waals surface area contributed by atoms with Gasteiger partial charge < -0.3 is 5.73 Å². The van der Waals surface area contributed by atoms with Gasteiger partial charge in [0, 0.05) is 18.4 Å². The minimum atomic E-state index is 0.333. The lowest BCUT2D eigenvalue weighted by Gasteiger charge is -2.55. The van der Waals surface area contributed by atoms with Crippen molar-refractivity contribution in [2.45, 2.75) is 51.0 Å². The predicted molar refractivity (Wildman–Crippen MR) is 81.1 cm³/mol. The van der Waals surface area contributed by atoms with Crippen molar-refractivity contribution in [2.75, 3.05) is 0 Å². The van der Waals surface area contributed by atoms with Crippen LogP contribution in [0.15, 0.2) is 24.5 Å². The van der Waals surface area contributed by atoms with Crippen LogP contribution >= 0.6 is 0 Å². The van der Waals surface area contributed by atoms with Gasteiger partial charge in [0.1, 0.15) is 0 Å². The van der Waals surface area contributed by atoms with Crippen LogP contribution < -0.4 is 5.73 Å². The SMILES string of the molecule is NC(Cc1ccncc1)CC1C2CC3CC(C2)CC1C3. The summed E-state index contributed by atoms with van der Waals surface area (Å²) in [6, 6.07) is 4.55. The van der Waals surface area contributed by atoms with Gasteiger partial charge in [-0.1, -0.05) is 0 Å². The molecule has 4 saturated carbocycles. The summed E-state index contributed by atoms with van der Waals surface area (Å²) in [6.07, 6.45) is 13.6. The summed E-state index contributed by atoms with van der Waals surface area (Å²) in [4.78, 5) is 4.09. The molecule has 1 atom stereocenters. The number of hydrogen-bond acceptors (Lipinski definition) is 2. The summed E-state index contributed by atoms with van der Waals surface area (Å²) in [5, 5.41) is 0. The molecule has 0 aliphatic heterocycles. The van der Waals surface area contributed by atoms with E-state index in [2.05, 4.69) is 17.1 Å². The third-order valence-corrected chi connectivity index (χ3v) is 6.24. The summed E-state index contributed by atoms with van der Waals surface area (Å²) in [5.41, 5.74) is 7.81. The molecule has 1 unspecified atom stereocenters. The van der Waals surface area contributed by atoms with E-state index in [9.17, 15) is 0 Å². The maximum atomic E-state index is 6.47. The van der Waals surface area contributed by atoms with Crippen molar-refractivity contribution in [2.24, 2.45) is 35.3 Å². The quantitative estimate of drug-likeness (QED) is 0.910. The van der Waals surface area contributed by atoms with Crippen LogP contribution in [0.4, 0.5) is 0 Å². The topological polar surface area (TPSA) is 38.9 Å². The fourth-order valence-corrected chi connectivity index (χ4v) is 5.68. The van der Waals surface area contributed by atoms with E-state index in [1.165, 1.54) is 37.7 Å². The average Bonchev–Trinajstić information content (AvgIpc) is 2.43. The lowest BCUT2D eigenvalue weighted by molar-refractivity contribution is -0.0419. The van der Waals surface area contributed by atoms with Crippen molar-refractivity contribution < 1.29 is 0 Å². The van der Waals surface area contributed by atoms with Crippen LogP contribution in [0.25, 0.3) is 0 Å². The Hall–Kier alpha value is -0.890. The van der Waals surface area contributed by atoms with E-state index in [0.717, 1.165) is 36.0 Å². The van der Waals surface area contributed by atoms with Gasteiger partial charge in [-0.25, -0.2) is 0 Å². The highest BCUT2D eigenvalue weighted by Gasteiger charge is 2.48. The van der Waals surface area contributed by atoms with Crippen molar-refractivity contribution in [1.29, 1.82) is 0 Å². The molecule has 0 amide bonds. The molecule has 108 valence electrons. The second kappa shape index (κ2) is 5.14. The maximum Gasteiger partial charge on any atom is 0.0270 e. The second-order valence-electron chi connectivity index (χ2n) is 7.65. The summed E-state index contributed by atoms with van der Waals surface area (Å²) in [7, 11) is 0. The zero-order chi connectivity index (χ0) is 13.5. The van der Waals surface area contributed by atoms with E-state index < -0.39 is 0 Å². The lowest BCUT2D eigenvalue weighted by Crippen LogP contribution is -2.47. The third-order valence-electron chi connectivity index (χ3n) is 6.24. The lowest BCUT2D eigenvalue weighted by atomic mass is 9.51. The van der Waals surface area contributed by atoms with Gasteiger partial charge in [0.15, 0.2) is 0 Å². The normalized spacial score (nSPS) is 40.0. The van der Waals surface area contributed by atoms with Crippen LogP contribution in [0.5, 0.6) is 0 Å². The fourth-order valence-electron chi connectivity index (χ4n) is 5.68. The molecule has 0 radical (unpaired) electrons. The molecule has 4 fully saturated rings. The molecule has 0 aromatic carbocycles. The van der Waals surface area contributed by atoms with Crippen LogP contribution in [0.3, 0.4) is 0 Å². The van der Waals surface area contributed by atoms with Gasteiger partial charge in [-0.05, 0) is 92.2 Å². The van der Waals surface area contributed by atoms with Crippen molar-refractivity contribution in [3.05, 3.63) is 30.1 Å². The van der Waals surface area contributed by atoms with E-state index in [1.54, 1.807) is 6.42 Å². The summed E-state index contributed by atoms with van der Waals surface area (Å²) in [5.74, 6) is 5.10. The van der Waals surface area contributed by atoms with Crippen molar-refractivity contribution in [3.63, 3.8) is 0 Å². The molecule has 1 aromatic heterocycles. The molecule has 2 heteroatoms. The molecule has 2 N–H and O–H groups in total. The van der Waals surface area contributed by atoms with Gasteiger partial charge in [-0.3, -0.25) is 4.98 Å². The van der Waals surface area contributed by atoms with Gasteiger partial charge in [0.05, 0.1) is 0 Å². The Morgan fingerprint density at radius 1 is 1.00 bits per heavy atom. The first-order chi connectivity index (χ1) is 9.78. The smallest absolute Gasteiger partial charge is 0.0270 e. The van der Waals surface area contributed by atoms with E-state index in [0.29, 0.717) is 6.04 Å².